The molecule has 1 N–H and O–H groups in total. The second-order valence-electron chi connectivity index (χ2n) is 7.62. The molecule has 0 bridgehead atoms. The maximum Gasteiger partial charge on any atom is 0.274 e. The number of nitrogens with zero attached hydrogens (tertiary/aromatic N) is 3. The van der Waals surface area contributed by atoms with Crippen LogP contribution in [0.15, 0.2) is 24.3 Å². The molecule has 1 aliphatic rings. The second kappa shape index (κ2) is 9.11. The predicted octanol–water partition coefficient (Wildman–Crippen LogP) is 3.75. The third kappa shape index (κ3) is 4.78. The van der Waals surface area contributed by atoms with E-state index in [1.165, 1.54) is 6.07 Å². The Kier molecular flexibility index (Phi) is 6.56. The Morgan fingerprint density at radius 1 is 1.24 bits per heavy atom. The monoisotopic (exact) mass is 398 g/mol. The summed E-state index contributed by atoms with van der Waals surface area (Å²) in [7, 11) is 1.73. The summed E-state index contributed by atoms with van der Waals surface area (Å²) in [5.41, 5.74) is 1.81. The molecule has 2 amide bonds. The molecule has 1 heterocycles. The summed E-state index contributed by atoms with van der Waals surface area (Å²) in [4.78, 5) is 26.5. The summed E-state index contributed by atoms with van der Waals surface area (Å²) in [6.45, 7) is 4.35. The SMILES string of the molecule is CCCCN(C)C(=O)c1ccc(-c2cc(C(=O)NC3CCC3)cc(F)c2C)nn1. The Balaban J connectivity index is 1.82. The van der Waals surface area contributed by atoms with E-state index in [1.54, 1.807) is 37.1 Å². The molecule has 0 aliphatic heterocycles. The molecule has 0 spiro atoms. The van der Waals surface area contributed by atoms with E-state index in [-0.39, 0.29) is 29.1 Å². The van der Waals surface area contributed by atoms with Crippen molar-refractivity contribution < 1.29 is 14.0 Å². The van der Waals surface area contributed by atoms with Gasteiger partial charge in [0, 0.05) is 30.8 Å². The van der Waals surface area contributed by atoms with Crippen molar-refractivity contribution in [2.75, 3.05) is 13.6 Å². The van der Waals surface area contributed by atoms with Gasteiger partial charge in [-0.05, 0) is 62.4 Å². The zero-order chi connectivity index (χ0) is 21.0. The fourth-order valence-corrected chi connectivity index (χ4v) is 3.18. The molecule has 1 fully saturated rings. The van der Waals surface area contributed by atoms with Crippen LogP contribution in [0.2, 0.25) is 0 Å². The van der Waals surface area contributed by atoms with Crippen molar-refractivity contribution in [2.45, 2.75) is 52.0 Å². The number of carbonyl (C=O) groups is 2. The van der Waals surface area contributed by atoms with E-state index in [9.17, 15) is 14.0 Å². The van der Waals surface area contributed by atoms with Crippen LogP contribution < -0.4 is 5.32 Å². The summed E-state index contributed by atoms with van der Waals surface area (Å²) in [6, 6.07) is 6.28. The Hall–Kier alpha value is -2.83. The highest BCUT2D eigenvalue weighted by Crippen LogP contribution is 2.26. The van der Waals surface area contributed by atoms with Crippen molar-refractivity contribution >= 4 is 11.8 Å². The molecule has 1 aromatic carbocycles. The number of hydrogen-bond acceptors (Lipinski definition) is 4. The molecule has 29 heavy (non-hydrogen) atoms. The first-order valence-electron chi connectivity index (χ1n) is 10.1. The lowest BCUT2D eigenvalue weighted by Gasteiger charge is -2.26. The fraction of sp³-hybridized carbons (Fsp3) is 0.455. The number of aromatic nitrogens is 2. The molecule has 3 rings (SSSR count). The highest BCUT2D eigenvalue weighted by atomic mass is 19.1. The topological polar surface area (TPSA) is 75.2 Å². The van der Waals surface area contributed by atoms with Gasteiger partial charge >= 0.3 is 0 Å². The van der Waals surface area contributed by atoms with Crippen molar-refractivity contribution in [1.29, 1.82) is 0 Å². The van der Waals surface area contributed by atoms with Gasteiger partial charge in [0.2, 0.25) is 0 Å². The molecule has 6 nitrogen and oxygen atoms in total. The van der Waals surface area contributed by atoms with E-state index in [0.29, 0.717) is 23.4 Å². The number of hydrogen-bond donors (Lipinski definition) is 1. The van der Waals surface area contributed by atoms with Crippen molar-refractivity contribution in [3.05, 3.63) is 46.9 Å². The maximum absolute atomic E-state index is 14.5. The van der Waals surface area contributed by atoms with Crippen LogP contribution >= 0.6 is 0 Å². The van der Waals surface area contributed by atoms with E-state index >= 15 is 0 Å². The Morgan fingerprint density at radius 3 is 2.59 bits per heavy atom. The minimum Gasteiger partial charge on any atom is -0.349 e. The van der Waals surface area contributed by atoms with Gasteiger partial charge in [0.1, 0.15) is 5.82 Å². The van der Waals surface area contributed by atoms with Crippen LogP contribution in [0.3, 0.4) is 0 Å². The highest BCUT2D eigenvalue weighted by Gasteiger charge is 2.22. The number of unbranched alkanes of at least 4 members (excludes halogenated alkanes) is 1. The summed E-state index contributed by atoms with van der Waals surface area (Å²) in [6.07, 6.45) is 4.94. The largest absolute Gasteiger partial charge is 0.349 e. The number of halogens is 1. The van der Waals surface area contributed by atoms with Gasteiger partial charge in [0.15, 0.2) is 5.69 Å². The highest BCUT2D eigenvalue weighted by molar-refractivity contribution is 5.96. The lowest BCUT2D eigenvalue weighted by atomic mass is 9.92. The van der Waals surface area contributed by atoms with Gasteiger partial charge in [-0.2, -0.15) is 0 Å². The zero-order valence-electron chi connectivity index (χ0n) is 17.2. The van der Waals surface area contributed by atoms with Crippen LogP contribution in [-0.2, 0) is 0 Å². The third-order valence-electron chi connectivity index (χ3n) is 5.40. The van der Waals surface area contributed by atoms with Crippen molar-refractivity contribution in [3.8, 4) is 11.3 Å². The van der Waals surface area contributed by atoms with E-state index in [0.717, 1.165) is 32.1 Å². The van der Waals surface area contributed by atoms with E-state index in [1.807, 2.05) is 0 Å². The number of nitrogens with one attached hydrogen (secondary N) is 1. The first kappa shape index (κ1) is 20.9. The van der Waals surface area contributed by atoms with Crippen molar-refractivity contribution in [3.63, 3.8) is 0 Å². The van der Waals surface area contributed by atoms with Crippen LogP contribution in [0, 0.1) is 12.7 Å². The lowest BCUT2D eigenvalue weighted by Crippen LogP contribution is -2.39. The smallest absolute Gasteiger partial charge is 0.274 e. The lowest BCUT2D eigenvalue weighted by molar-refractivity contribution is 0.0786. The normalized spacial score (nSPS) is 13.7. The number of benzene rings is 1. The van der Waals surface area contributed by atoms with Gasteiger partial charge < -0.3 is 10.2 Å². The van der Waals surface area contributed by atoms with Gasteiger partial charge in [-0.25, -0.2) is 4.39 Å². The fourth-order valence-electron chi connectivity index (χ4n) is 3.18. The van der Waals surface area contributed by atoms with Gasteiger partial charge in [0.05, 0.1) is 5.69 Å². The van der Waals surface area contributed by atoms with E-state index < -0.39 is 5.82 Å². The molecule has 0 saturated heterocycles. The average molecular weight is 398 g/mol. The maximum atomic E-state index is 14.5. The first-order chi connectivity index (χ1) is 13.9. The molecule has 0 radical (unpaired) electrons. The standard InChI is InChI=1S/C22H27FN4O2/c1-4-5-11-27(3)22(29)20-10-9-19(25-26-20)17-12-15(13-18(23)14(17)2)21(28)24-16-7-6-8-16/h9-10,12-13,16H,4-8,11H2,1-3H3,(H,24,28). The number of carbonyl (C=O) groups excluding carboxylic acids is 2. The minimum atomic E-state index is -0.470. The summed E-state index contributed by atoms with van der Waals surface area (Å²) < 4.78 is 14.5. The molecular weight excluding hydrogens is 371 g/mol. The van der Waals surface area contributed by atoms with Crippen LogP contribution in [0.5, 0.6) is 0 Å². The Labute approximate surface area is 170 Å². The summed E-state index contributed by atoms with van der Waals surface area (Å²) in [5.74, 6) is -0.955. The van der Waals surface area contributed by atoms with Crippen LogP contribution in [0.4, 0.5) is 4.39 Å². The molecule has 0 unspecified atom stereocenters. The molecule has 154 valence electrons. The second-order valence-corrected chi connectivity index (χ2v) is 7.62. The molecule has 1 aliphatic carbocycles. The number of amides is 2. The minimum absolute atomic E-state index is 0.171. The summed E-state index contributed by atoms with van der Waals surface area (Å²) in [5, 5.41) is 11.1. The molecule has 1 aromatic heterocycles. The van der Waals surface area contributed by atoms with E-state index in [2.05, 4.69) is 22.4 Å². The van der Waals surface area contributed by atoms with Crippen LogP contribution in [0.25, 0.3) is 11.3 Å². The Morgan fingerprint density at radius 2 is 2.00 bits per heavy atom. The zero-order valence-corrected chi connectivity index (χ0v) is 17.2. The van der Waals surface area contributed by atoms with Crippen molar-refractivity contribution in [2.24, 2.45) is 0 Å². The van der Waals surface area contributed by atoms with Crippen LogP contribution in [0.1, 0.15) is 65.4 Å². The molecule has 1 saturated carbocycles. The molecule has 2 aromatic rings. The van der Waals surface area contributed by atoms with Crippen LogP contribution in [-0.4, -0.2) is 46.5 Å². The predicted molar refractivity (Wildman–Crippen MR) is 109 cm³/mol. The molecule has 0 atom stereocenters. The van der Waals surface area contributed by atoms with Gasteiger partial charge in [-0.15, -0.1) is 10.2 Å². The quantitative estimate of drug-likeness (QED) is 0.771. The summed E-state index contributed by atoms with van der Waals surface area (Å²) >= 11 is 0. The molecule has 7 heteroatoms. The third-order valence-corrected chi connectivity index (χ3v) is 5.40. The molecular formula is C22H27FN4O2. The van der Waals surface area contributed by atoms with Crippen molar-refractivity contribution in [1.82, 2.24) is 20.4 Å². The van der Waals surface area contributed by atoms with E-state index in [4.69, 9.17) is 0 Å². The average Bonchev–Trinajstić information content (AvgIpc) is 2.70. The number of rotatable bonds is 7. The van der Waals surface area contributed by atoms with Gasteiger partial charge in [-0.3, -0.25) is 9.59 Å². The first-order valence-corrected chi connectivity index (χ1v) is 10.1. The Bertz CT molecular complexity index is 894. The van der Waals surface area contributed by atoms with Gasteiger partial charge in [-0.1, -0.05) is 13.3 Å². The van der Waals surface area contributed by atoms with Gasteiger partial charge in [0.25, 0.3) is 11.8 Å².